The zero-order chi connectivity index (χ0) is 14.8. The Bertz CT molecular complexity index is 730. The van der Waals surface area contributed by atoms with Crippen molar-refractivity contribution in [3.63, 3.8) is 0 Å². The van der Waals surface area contributed by atoms with Crippen LogP contribution in [0.3, 0.4) is 0 Å². The van der Waals surface area contributed by atoms with E-state index < -0.39 is 0 Å². The summed E-state index contributed by atoms with van der Waals surface area (Å²) in [5.41, 5.74) is 2.79. The normalized spacial score (nSPS) is 22.0. The van der Waals surface area contributed by atoms with Gasteiger partial charge in [0.1, 0.15) is 11.8 Å². The van der Waals surface area contributed by atoms with Crippen molar-refractivity contribution in [2.24, 2.45) is 0 Å². The maximum atomic E-state index is 5.90. The molecule has 2 unspecified atom stereocenters. The van der Waals surface area contributed by atoms with Crippen LogP contribution in [0.4, 0.5) is 0 Å². The van der Waals surface area contributed by atoms with Gasteiger partial charge in [0.2, 0.25) is 0 Å². The minimum Gasteiger partial charge on any atom is -0.373 e. The van der Waals surface area contributed by atoms with Crippen molar-refractivity contribution in [3.05, 3.63) is 42.6 Å². The summed E-state index contributed by atoms with van der Waals surface area (Å²) in [6.07, 6.45) is 9.03. The van der Waals surface area contributed by atoms with E-state index in [-0.39, 0.29) is 6.10 Å². The molecule has 0 aromatic carbocycles. The van der Waals surface area contributed by atoms with E-state index in [1.807, 2.05) is 24.5 Å². The van der Waals surface area contributed by atoms with Gasteiger partial charge in [-0.3, -0.25) is 4.98 Å². The number of aromatic amines is 1. The van der Waals surface area contributed by atoms with Crippen LogP contribution in [-0.4, -0.2) is 36.8 Å². The summed E-state index contributed by atoms with van der Waals surface area (Å²) in [5, 5.41) is 1.37. The highest BCUT2D eigenvalue weighted by atomic mass is 32.2. The Morgan fingerprint density at radius 3 is 3.00 bits per heavy atom. The second-order valence-electron chi connectivity index (χ2n) is 5.21. The second kappa shape index (κ2) is 6.02. The van der Waals surface area contributed by atoms with E-state index in [1.165, 1.54) is 11.9 Å². The predicted octanol–water partition coefficient (Wildman–Crippen LogP) is 2.76. The van der Waals surface area contributed by atoms with E-state index >= 15 is 0 Å². The molecule has 1 aliphatic heterocycles. The summed E-state index contributed by atoms with van der Waals surface area (Å²) in [6, 6.07) is 4.04. The summed E-state index contributed by atoms with van der Waals surface area (Å²) in [5.74, 6) is 0. The zero-order valence-corrected chi connectivity index (χ0v) is 12.7. The molecule has 4 rings (SSSR count). The molecule has 1 aliphatic rings. The lowest BCUT2D eigenvalue weighted by Crippen LogP contribution is -2.21. The molecule has 0 amide bonds. The van der Waals surface area contributed by atoms with Crippen molar-refractivity contribution >= 4 is 22.9 Å². The number of H-pyrrole nitrogens is 1. The summed E-state index contributed by atoms with van der Waals surface area (Å²) in [7, 11) is 0. The van der Waals surface area contributed by atoms with E-state index in [2.05, 4.69) is 24.9 Å². The first kappa shape index (κ1) is 13.7. The number of hydrogen-bond donors (Lipinski definition) is 1. The highest BCUT2D eigenvalue weighted by molar-refractivity contribution is 7.99. The lowest BCUT2D eigenvalue weighted by atomic mass is 10.0. The number of nitrogens with one attached hydrogen (secondary N) is 1. The van der Waals surface area contributed by atoms with Gasteiger partial charge in [-0.25, -0.2) is 15.0 Å². The maximum Gasteiger partial charge on any atom is 0.181 e. The molecule has 2 atom stereocenters. The van der Waals surface area contributed by atoms with Gasteiger partial charge in [-0.2, -0.15) is 0 Å². The summed E-state index contributed by atoms with van der Waals surface area (Å²) >= 11 is 1.76. The molecule has 6 nitrogen and oxygen atoms in total. The third kappa shape index (κ3) is 2.82. The minimum atomic E-state index is 0.137. The molecular weight excluding hydrogens is 298 g/mol. The van der Waals surface area contributed by atoms with Crippen LogP contribution in [0.2, 0.25) is 0 Å². The molecule has 3 aromatic heterocycles. The topological polar surface area (TPSA) is 76.6 Å². The quantitative estimate of drug-likeness (QED) is 0.801. The van der Waals surface area contributed by atoms with Gasteiger partial charge in [0.25, 0.3) is 0 Å². The van der Waals surface area contributed by atoms with Crippen molar-refractivity contribution in [1.29, 1.82) is 0 Å². The third-order valence-corrected chi connectivity index (χ3v) is 4.91. The van der Waals surface area contributed by atoms with E-state index in [0.29, 0.717) is 5.25 Å². The van der Waals surface area contributed by atoms with Crippen LogP contribution in [-0.2, 0) is 4.74 Å². The molecule has 7 heteroatoms. The Balaban J connectivity index is 1.48. The highest BCUT2D eigenvalue weighted by Gasteiger charge is 2.25. The van der Waals surface area contributed by atoms with E-state index in [0.717, 1.165) is 35.8 Å². The van der Waals surface area contributed by atoms with Crippen LogP contribution in [0.5, 0.6) is 0 Å². The van der Waals surface area contributed by atoms with Crippen LogP contribution in [0, 0.1) is 0 Å². The third-order valence-electron chi connectivity index (χ3n) is 3.73. The summed E-state index contributed by atoms with van der Waals surface area (Å²) in [4.78, 5) is 20.0. The number of aromatic nitrogens is 5. The van der Waals surface area contributed by atoms with E-state index in [4.69, 9.17) is 4.74 Å². The molecular formula is C15H15N5OS. The molecule has 22 heavy (non-hydrogen) atoms. The molecule has 0 saturated carbocycles. The fourth-order valence-corrected chi connectivity index (χ4v) is 3.75. The van der Waals surface area contributed by atoms with Gasteiger partial charge in [0.15, 0.2) is 10.8 Å². The molecule has 3 aromatic rings. The number of nitrogens with zero attached hydrogens (tertiary/aromatic N) is 4. The van der Waals surface area contributed by atoms with Crippen molar-refractivity contribution < 1.29 is 4.74 Å². The van der Waals surface area contributed by atoms with Gasteiger partial charge in [-0.15, -0.1) is 0 Å². The van der Waals surface area contributed by atoms with Crippen LogP contribution >= 0.6 is 11.8 Å². The van der Waals surface area contributed by atoms with Gasteiger partial charge in [0.05, 0.1) is 12.3 Å². The number of rotatable bonds is 3. The number of ether oxygens (including phenoxy) is 1. The Kier molecular flexibility index (Phi) is 3.74. The number of hydrogen-bond acceptors (Lipinski definition) is 6. The maximum absolute atomic E-state index is 5.90. The van der Waals surface area contributed by atoms with Gasteiger partial charge < -0.3 is 9.72 Å². The number of pyridine rings is 1. The first-order valence-electron chi connectivity index (χ1n) is 7.22. The standard InChI is InChI=1S/C15H15N5OS/c1-4-16-5-2-10(1)13-7-11(3-6-21-13)22-15-19-12-8-17-9-18-14(12)20-15/h1-2,4-5,8-9,11,13H,3,6-7H2,(H,17,18,19,20). The molecule has 0 spiro atoms. The fraction of sp³-hybridized carbons (Fsp3) is 0.333. The largest absolute Gasteiger partial charge is 0.373 e. The molecule has 1 fully saturated rings. The number of imidazole rings is 1. The Morgan fingerprint density at radius 1 is 1.23 bits per heavy atom. The molecule has 1 N–H and O–H groups in total. The van der Waals surface area contributed by atoms with Crippen LogP contribution in [0.1, 0.15) is 24.5 Å². The average Bonchev–Trinajstić information content (AvgIpc) is 2.98. The lowest BCUT2D eigenvalue weighted by Gasteiger charge is -2.28. The second-order valence-corrected chi connectivity index (χ2v) is 6.50. The van der Waals surface area contributed by atoms with Crippen molar-refractivity contribution in [3.8, 4) is 0 Å². The number of thioether (sulfide) groups is 1. The molecule has 112 valence electrons. The predicted molar refractivity (Wildman–Crippen MR) is 83.5 cm³/mol. The zero-order valence-electron chi connectivity index (χ0n) is 11.8. The SMILES string of the molecule is c1cc(C2CC(Sc3nc4ncncc4[nH]3)CCO2)ccn1. The minimum absolute atomic E-state index is 0.137. The molecule has 1 saturated heterocycles. The van der Waals surface area contributed by atoms with E-state index in [9.17, 15) is 0 Å². The molecule has 4 heterocycles. The molecule has 0 bridgehead atoms. The first-order valence-corrected chi connectivity index (χ1v) is 8.10. The van der Waals surface area contributed by atoms with Crippen molar-refractivity contribution in [2.45, 2.75) is 29.4 Å². The summed E-state index contributed by atoms with van der Waals surface area (Å²) < 4.78 is 5.90. The van der Waals surface area contributed by atoms with Gasteiger partial charge in [0, 0.05) is 24.3 Å². The van der Waals surface area contributed by atoms with Crippen LogP contribution < -0.4 is 0 Å². The molecule has 0 aliphatic carbocycles. The van der Waals surface area contributed by atoms with Gasteiger partial charge in [-0.05, 0) is 30.5 Å². The van der Waals surface area contributed by atoms with Gasteiger partial charge in [-0.1, -0.05) is 11.8 Å². The molecule has 0 radical (unpaired) electrons. The van der Waals surface area contributed by atoms with Crippen LogP contribution in [0.25, 0.3) is 11.2 Å². The Hall–Kier alpha value is -1.99. The Labute approximate surface area is 131 Å². The van der Waals surface area contributed by atoms with Crippen molar-refractivity contribution in [2.75, 3.05) is 6.61 Å². The fourth-order valence-electron chi connectivity index (χ4n) is 2.64. The average molecular weight is 313 g/mol. The van der Waals surface area contributed by atoms with Crippen molar-refractivity contribution in [1.82, 2.24) is 24.9 Å². The van der Waals surface area contributed by atoms with Crippen LogP contribution in [0.15, 0.2) is 42.2 Å². The smallest absolute Gasteiger partial charge is 0.181 e. The van der Waals surface area contributed by atoms with E-state index in [1.54, 1.807) is 18.0 Å². The first-order chi connectivity index (χ1) is 10.9. The lowest BCUT2D eigenvalue weighted by molar-refractivity contribution is 0.0178. The Morgan fingerprint density at radius 2 is 2.14 bits per heavy atom. The number of fused-ring (bicyclic) bond motifs is 1. The highest BCUT2D eigenvalue weighted by Crippen LogP contribution is 2.36. The monoisotopic (exact) mass is 313 g/mol. The van der Waals surface area contributed by atoms with Gasteiger partial charge >= 0.3 is 0 Å². The summed E-state index contributed by atoms with van der Waals surface area (Å²) in [6.45, 7) is 0.769.